The van der Waals surface area contributed by atoms with Crippen LogP contribution in [0.2, 0.25) is 10.0 Å². The van der Waals surface area contributed by atoms with Gasteiger partial charge in [0.25, 0.3) is 0 Å². The number of halogens is 4. The van der Waals surface area contributed by atoms with Gasteiger partial charge < -0.3 is 5.32 Å². The van der Waals surface area contributed by atoms with Gasteiger partial charge in [-0.2, -0.15) is 0 Å². The number of pyridine rings is 1. The number of urea groups is 1. The van der Waals surface area contributed by atoms with E-state index in [4.69, 9.17) is 23.2 Å². The van der Waals surface area contributed by atoms with Crippen LogP contribution in [-0.2, 0) is 6.54 Å². The van der Waals surface area contributed by atoms with E-state index in [0.717, 1.165) is 12.1 Å². The number of nitrogens with zero attached hydrogens (tertiary/aromatic N) is 1. The molecular formula is C19H13Cl2F2N3O. The first kappa shape index (κ1) is 19.1. The minimum Gasteiger partial charge on any atom is -0.334 e. The lowest BCUT2D eigenvalue weighted by molar-refractivity contribution is 0.251. The van der Waals surface area contributed by atoms with Crippen molar-refractivity contribution >= 4 is 35.1 Å². The van der Waals surface area contributed by atoms with Crippen molar-refractivity contribution < 1.29 is 13.6 Å². The fraction of sp³-hybridized carbons (Fsp3) is 0.0526. The minimum atomic E-state index is -0.738. The van der Waals surface area contributed by atoms with Gasteiger partial charge in [0.2, 0.25) is 0 Å². The molecule has 2 N–H and O–H groups in total. The summed E-state index contributed by atoms with van der Waals surface area (Å²) >= 11 is 12.1. The van der Waals surface area contributed by atoms with Gasteiger partial charge in [0.05, 0.1) is 11.3 Å². The third-order valence-corrected chi connectivity index (χ3v) is 4.41. The minimum absolute atomic E-state index is 0.0672. The van der Waals surface area contributed by atoms with Crippen molar-refractivity contribution in [3.8, 4) is 11.3 Å². The van der Waals surface area contributed by atoms with Gasteiger partial charge in [-0.15, -0.1) is 0 Å². The lowest BCUT2D eigenvalue weighted by Crippen LogP contribution is -2.28. The van der Waals surface area contributed by atoms with E-state index in [9.17, 15) is 13.6 Å². The van der Waals surface area contributed by atoms with Crippen molar-refractivity contribution in [2.75, 3.05) is 5.32 Å². The Morgan fingerprint density at radius 3 is 2.19 bits per heavy atom. The fourth-order valence-electron chi connectivity index (χ4n) is 2.42. The van der Waals surface area contributed by atoms with Crippen LogP contribution in [0.3, 0.4) is 0 Å². The first-order chi connectivity index (χ1) is 13.0. The van der Waals surface area contributed by atoms with Crippen LogP contribution in [-0.4, -0.2) is 11.0 Å². The molecule has 0 radical (unpaired) electrons. The molecule has 0 atom stereocenters. The molecule has 2 aromatic carbocycles. The summed E-state index contributed by atoms with van der Waals surface area (Å²) in [6.45, 7) is 0.103. The van der Waals surface area contributed by atoms with Crippen molar-refractivity contribution in [2.24, 2.45) is 0 Å². The zero-order chi connectivity index (χ0) is 19.4. The average Bonchev–Trinajstić information content (AvgIpc) is 2.61. The number of rotatable bonds is 4. The Morgan fingerprint density at radius 2 is 1.52 bits per heavy atom. The second kappa shape index (κ2) is 8.33. The first-order valence-corrected chi connectivity index (χ1v) is 8.60. The summed E-state index contributed by atoms with van der Waals surface area (Å²) in [5, 5.41) is 5.97. The van der Waals surface area contributed by atoms with E-state index in [0.29, 0.717) is 15.6 Å². The maximum Gasteiger partial charge on any atom is 0.320 e. The third-order valence-electron chi connectivity index (χ3n) is 3.70. The first-order valence-electron chi connectivity index (χ1n) is 7.85. The van der Waals surface area contributed by atoms with Crippen LogP contribution in [0.5, 0.6) is 0 Å². The number of nitrogens with one attached hydrogen (secondary N) is 2. The molecule has 0 saturated carbocycles. The lowest BCUT2D eigenvalue weighted by atomic mass is 10.1. The van der Waals surface area contributed by atoms with Gasteiger partial charge in [0.1, 0.15) is 17.5 Å². The van der Waals surface area contributed by atoms with E-state index < -0.39 is 17.7 Å². The Bertz CT molecular complexity index is 958. The summed E-state index contributed by atoms with van der Waals surface area (Å²) in [7, 11) is 0. The van der Waals surface area contributed by atoms with E-state index in [-0.39, 0.29) is 23.6 Å². The van der Waals surface area contributed by atoms with Crippen molar-refractivity contribution in [3.63, 3.8) is 0 Å². The highest BCUT2D eigenvalue weighted by Gasteiger charge is 2.13. The lowest BCUT2D eigenvalue weighted by Gasteiger charge is -2.11. The molecule has 27 heavy (non-hydrogen) atoms. The monoisotopic (exact) mass is 407 g/mol. The number of amides is 2. The Balaban J connectivity index is 1.72. The molecule has 1 heterocycles. The van der Waals surface area contributed by atoms with E-state index >= 15 is 0 Å². The van der Waals surface area contributed by atoms with E-state index in [2.05, 4.69) is 15.6 Å². The predicted molar refractivity (Wildman–Crippen MR) is 102 cm³/mol. The number of anilines is 1. The standard InChI is InChI=1S/C19H13Cl2F2N3O/c20-12-4-1-5-13(21)11(12)10-24-19(27)26-17-9-3-8-16(25-17)18-14(22)6-2-7-15(18)23/h1-9H,10H2,(H2,24,25,26,27). The molecule has 0 aliphatic rings. The van der Waals surface area contributed by atoms with Gasteiger partial charge in [-0.05, 0) is 36.4 Å². The molecule has 8 heteroatoms. The number of aromatic nitrogens is 1. The molecule has 0 aliphatic heterocycles. The summed E-state index contributed by atoms with van der Waals surface area (Å²) in [6, 6.07) is 12.5. The number of carbonyl (C=O) groups excluding carboxylic acids is 1. The second-order valence-electron chi connectivity index (χ2n) is 5.51. The highest BCUT2D eigenvalue weighted by Crippen LogP contribution is 2.26. The van der Waals surface area contributed by atoms with Gasteiger partial charge in [0.15, 0.2) is 0 Å². The van der Waals surface area contributed by atoms with Crippen LogP contribution in [0.4, 0.5) is 19.4 Å². The topological polar surface area (TPSA) is 54.0 Å². The molecule has 138 valence electrons. The molecule has 0 spiro atoms. The van der Waals surface area contributed by atoms with E-state index in [1.165, 1.54) is 24.3 Å². The molecular weight excluding hydrogens is 395 g/mol. The Kier molecular flexibility index (Phi) is 5.88. The van der Waals surface area contributed by atoms with Gasteiger partial charge in [-0.3, -0.25) is 5.32 Å². The summed E-state index contributed by atoms with van der Waals surface area (Å²) < 4.78 is 27.8. The van der Waals surface area contributed by atoms with Crippen LogP contribution >= 0.6 is 23.2 Å². The zero-order valence-corrected chi connectivity index (χ0v) is 15.3. The molecule has 0 aliphatic carbocycles. The molecule has 0 saturated heterocycles. The highest BCUT2D eigenvalue weighted by molar-refractivity contribution is 6.36. The van der Waals surface area contributed by atoms with Crippen molar-refractivity contribution in [3.05, 3.63) is 81.8 Å². The van der Waals surface area contributed by atoms with Crippen LogP contribution < -0.4 is 10.6 Å². The van der Waals surface area contributed by atoms with Gasteiger partial charge in [-0.25, -0.2) is 18.6 Å². The Labute approximate surface area is 164 Å². The Morgan fingerprint density at radius 1 is 0.926 bits per heavy atom. The van der Waals surface area contributed by atoms with Crippen molar-refractivity contribution in [1.29, 1.82) is 0 Å². The van der Waals surface area contributed by atoms with Crippen LogP contribution in [0.25, 0.3) is 11.3 Å². The maximum absolute atomic E-state index is 13.9. The maximum atomic E-state index is 13.9. The molecule has 1 aromatic heterocycles. The molecule has 0 bridgehead atoms. The van der Waals surface area contributed by atoms with Gasteiger partial charge in [0, 0.05) is 22.2 Å². The molecule has 3 rings (SSSR count). The normalized spacial score (nSPS) is 10.5. The zero-order valence-electron chi connectivity index (χ0n) is 13.8. The van der Waals surface area contributed by atoms with Gasteiger partial charge >= 0.3 is 6.03 Å². The summed E-state index contributed by atoms with van der Waals surface area (Å²) in [5.41, 5.74) is 0.382. The van der Waals surface area contributed by atoms with Crippen LogP contribution in [0.15, 0.2) is 54.6 Å². The quantitative estimate of drug-likeness (QED) is 0.586. The van der Waals surface area contributed by atoms with Crippen molar-refractivity contribution in [2.45, 2.75) is 6.54 Å². The number of benzene rings is 2. The largest absolute Gasteiger partial charge is 0.334 e. The molecule has 0 fully saturated rings. The number of carbonyl (C=O) groups is 1. The summed E-state index contributed by atoms with van der Waals surface area (Å²) in [4.78, 5) is 16.2. The third kappa shape index (κ3) is 4.53. The van der Waals surface area contributed by atoms with Crippen LogP contribution in [0.1, 0.15) is 5.56 Å². The predicted octanol–water partition coefficient (Wildman–Crippen LogP) is 5.66. The summed E-state index contributed by atoms with van der Waals surface area (Å²) in [6.07, 6.45) is 0. The molecule has 3 aromatic rings. The van der Waals surface area contributed by atoms with E-state index in [1.807, 2.05) is 0 Å². The molecule has 0 unspecified atom stereocenters. The summed E-state index contributed by atoms with van der Waals surface area (Å²) in [5.74, 6) is -1.34. The van der Waals surface area contributed by atoms with Gasteiger partial charge in [-0.1, -0.05) is 41.4 Å². The fourth-order valence-corrected chi connectivity index (χ4v) is 2.95. The van der Waals surface area contributed by atoms with E-state index in [1.54, 1.807) is 18.2 Å². The Hall–Kier alpha value is -2.70. The molecule has 2 amide bonds. The number of hydrogen-bond acceptors (Lipinski definition) is 2. The molecule has 4 nitrogen and oxygen atoms in total. The average molecular weight is 408 g/mol. The van der Waals surface area contributed by atoms with Crippen molar-refractivity contribution in [1.82, 2.24) is 10.3 Å². The number of hydrogen-bond donors (Lipinski definition) is 2. The van der Waals surface area contributed by atoms with Crippen LogP contribution in [0, 0.1) is 11.6 Å². The second-order valence-corrected chi connectivity index (χ2v) is 6.33. The smallest absolute Gasteiger partial charge is 0.320 e. The SMILES string of the molecule is O=C(NCc1c(Cl)cccc1Cl)Nc1cccc(-c2c(F)cccc2F)n1. The highest BCUT2D eigenvalue weighted by atomic mass is 35.5.